The molecule has 0 aromatic heterocycles. The Morgan fingerprint density at radius 3 is 1.95 bits per heavy atom. The number of ether oxygens (including phenoxy) is 2. The Morgan fingerprint density at radius 2 is 1.45 bits per heavy atom. The summed E-state index contributed by atoms with van der Waals surface area (Å²) >= 11 is 0. The lowest BCUT2D eigenvalue weighted by molar-refractivity contribution is -0.0500. The van der Waals surface area contributed by atoms with Crippen LogP contribution in [0.3, 0.4) is 0 Å². The molecule has 22 heavy (non-hydrogen) atoms. The van der Waals surface area contributed by atoms with Crippen molar-refractivity contribution in [1.82, 2.24) is 0 Å². The molecule has 0 bridgehead atoms. The molecule has 9 heteroatoms. The first kappa shape index (κ1) is 16.2. The first-order valence-electron chi connectivity index (χ1n) is 5.84. The lowest BCUT2D eigenvalue weighted by atomic mass is 10.1. The van der Waals surface area contributed by atoms with Crippen LogP contribution in [0, 0.1) is 0 Å². The fourth-order valence-electron chi connectivity index (χ4n) is 1.78. The minimum atomic E-state index is -5.70. The molecule has 0 heterocycles. The third-order valence-electron chi connectivity index (χ3n) is 2.80. The average molecular weight is 336 g/mol. The van der Waals surface area contributed by atoms with Crippen LogP contribution in [0.15, 0.2) is 30.3 Å². The van der Waals surface area contributed by atoms with E-state index in [1.165, 1.54) is 32.4 Å². The van der Waals surface area contributed by atoms with Crippen molar-refractivity contribution in [2.45, 2.75) is 5.51 Å². The van der Waals surface area contributed by atoms with Crippen LogP contribution in [-0.2, 0) is 10.1 Å². The summed E-state index contributed by atoms with van der Waals surface area (Å²) in [6, 6.07) is 6.81. The standard InChI is InChI=1S/C13H11F3O5S/c1-19-11-6-8-3-4-10(5-9(8)7-12(11)20-2)21-22(17,18)13(14,15)16/h3-7H,1-2H3. The van der Waals surface area contributed by atoms with Gasteiger partial charge in [0.1, 0.15) is 5.75 Å². The van der Waals surface area contributed by atoms with E-state index >= 15 is 0 Å². The van der Waals surface area contributed by atoms with E-state index in [1.807, 2.05) is 0 Å². The van der Waals surface area contributed by atoms with E-state index in [4.69, 9.17) is 9.47 Å². The molecule has 0 saturated heterocycles. The van der Waals surface area contributed by atoms with Crippen molar-refractivity contribution in [3.63, 3.8) is 0 Å². The highest BCUT2D eigenvalue weighted by Crippen LogP contribution is 2.34. The maximum atomic E-state index is 12.3. The van der Waals surface area contributed by atoms with Crippen LogP contribution in [-0.4, -0.2) is 28.1 Å². The number of alkyl halides is 3. The molecule has 0 aliphatic heterocycles. The van der Waals surface area contributed by atoms with Crippen molar-refractivity contribution in [2.75, 3.05) is 14.2 Å². The first-order chi connectivity index (χ1) is 10.2. The van der Waals surface area contributed by atoms with E-state index in [9.17, 15) is 21.6 Å². The smallest absolute Gasteiger partial charge is 0.493 e. The van der Waals surface area contributed by atoms with Crippen LogP contribution in [0.1, 0.15) is 0 Å². The van der Waals surface area contributed by atoms with Gasteiger partial charge in [0, 0.05) is 0 Å². The molecule has 2 rings (SSSR count). The normalized spacial score (nSPS) is 12.2. The summed E-state index contributed by atoms with van der Waals surface area (Å²) in [7, 11) is -2.86. The van der Waals surface area contributed by atoms with Gasteiger partial charge in [0.05, 0.1) is 14.2 Å². The summed E-state index contributed by atoms with van der Waals surface area (Å²) < 4.78 is 73.1. The van der Waals surface area contributed by atoms with Gasteiger partial charge >= 0.3 is 15.6 Å². The monoisotopic (exact) mass is 336 g/mol. The molecule has 0 saturated carbocycles. The molecular weight excluding hydrogens is 325 g/mol. The second-order valence-electron chi connectivity index (χ2n) is 4.20. The fourth-order valence-corrected chi connectivity index (χ4v) is 2.23. The molecule has 0 amide bonds. The zero-order valence-electron chi connectivity index (χ0n) is 11.5. The predicted octanol–water partition coefficient (Wildman–Crippen LogP) is 3.09. The number of fused-ring (bicyclic) bond motifs is 1. The Balaban J connectivity index is 2.47. The molecule has 0 radical (unpaired) electrons. The molecule has 120 valence electrons. The lowest BCUT2D eigenvalue weighted by Crippen LogP contribution is -2.28. The third kappa shape index (κ3) is 3.03. The van der Waals surface area contributed by atoms with Gasteiger partial charge in [0.25, 0.3) is 0 Å². The number of halogens is 3. The van der Waals surface area contributed by atoms with Gasteiger partial charge in [0.15, 0.2) is 11.5 Å². The average Bonchev–Trinajstić information content (AvgIpc) is 2.44. The van der Waals surface area contributed by atoms with Crippen molar-refractivity contribution in [2.24, 2.45) is 0 Å². The first-order valence-corrected chi connectivity index (χ1v) is 7.25. The van der Waals surface area contributed by atoms with Gasteiger partial charge < -0.3 is 13.7 Å². The Morgan fingerprint density at radius 1 is 0.909 bits per heavy atom. The Labute approximate surface area is 124 Å². The van der Waals surface area contributed by atoms with E-state index in [-0.39, 0.29) is 0 Å². The SMILES string of the molecule is COc1cc2ccc(OS(=O)(=O)C(F)(F)F)cc2cc1OC. The number of benzene rings is 2. The molecule has 0 N–H and O–H groups in total. The molecule has 0 spiro atoms. The Bertz CT molecular complexity index is 799. The lowest BCUT2D eigenvalue weighted by Gasteiger charge is -2.12. The topological polar surface area (TPSA) is 61.8 Å². The maximum Gasteiger partial charge on any atom is 0.534 e. The molecule has 0 aliphatic carbocycles. The highest BCUT2D eigenvalue weighted by molar-refractivity contribution is 7.88. The number of rotatable bonds is 4. The van der Waals surface area contributed by atoms with Crippen molar-refractivity contribution >= 4 is 20.9 Å². The van der Waals surface area contributed by atoms with Gasteiger partial charge in [-0.25, -0.2) is 0 Å². The zero-order chi connectivity index (χ0) is 16.5. The van der Waals surface area contributed by atoms with E-state index in [1.54, 1.807) is 6.07 Å². The van der Waals surface area contributed by atoms with Gasteiger partial charge in [0.2, 0.25) is 0 Å². The summed E-state index contributed by atoms with van der Waals surface area (Å²) in [6.07, 6.45) is 0. The summed E-state index contributed by atoms with van der Waals surface area (Å²) in [4.78, 5) is 0. The molecule has 2 aromatic carbocycles. The molecule has 0 atom stereocenters. The van der Waals surface area contributed by atoms with E-state index < -0.39 is 21.4 Å². The van der Waals surface area contributed by atoms with Crippen LogP contribution < -0.4 is 13.7 Å². The molecule has 0 aliphatic rings. The third-order valence-corrected chi connectivity index (χ3v) is 3.78. The van der Waals surface area contributed by atoms with Gasteiger partial charge in [-0.2, -0.15) is 21.6 Å². The van der Waals surface area contributed by atoms with E-state index in [2.05, 4.69) is 4.18 Å². The number of hydrogen-bond acceptors (Lipinski definition) is 5. The minimum Gasteiger partial charge on any atom is -0.493 e. The van der Waals surface area contributed by atoms with Gasteiger partial charge in [-0.1, -0.05) is 6.07 Å². The largest absolute Gasteiger partial charge is 0.534 e. The second kappa shape index (κ2) is 5.56. The minimum absolute atomic E-state index is 0.353. The van der Waals surface area contributed by atoms with Crippen molar-refractivity contribution < 1.29 is 35.2 Å². The van der Waals surface area contributed by atoms with E-state index in [0.717, 1.165) is 6.07 Å². The molecule has 2 aromatic rings. The predicted molar refractivity (Wildman–Crippen MR) is 72.7 cm³/mol. The molecule has 5 nitrogen and oxygen atoms in total. The van der Waals surface area contributed by atoms with Crippen LogP contribution in [0.2, 0.25) is 0 Å². The fraction of sp³-hybridized carbons (Fsp3) is 0.231. The van der Waals surface area contributed by atoms with Gasteiger partial charge in [-0.15, -0.1) is 0 Å². The van der Waals surface area contributed by atoms with Gasteiger partial charge in [-0.05, 0) is 35.0 Å². The summed E-state index contributed by atoms with van der Waals surface area (Å²) in [6.45, 7) is 0. The molecule has 0 unspecified atom stereocenters. The Kier molecular flexibility index (Phi) is 4.10. The summed E-state index contributed by atoms with van der Waals surface area (Å²) in [5, 5.41) is 1.06. The Hall–Kier alpha value is -2.16. The molecular formula is C13H11F3O5S. The van der Waals surface area contributed by atoms with Gasteiger partial charge in [-0.3, -0.25) is 0 Å². The second-order valence-corrected chi connectivity index (χ2v) is 5.74. The van der Waals surface area contributed by atoms with Crippen LogP contribution >= 0.6 is 0 Å². The zero-order valence-corrected chi connectivity index (χ0v) is 12.3. The maximum absolute atomic E-state index is 12.3. The highest BCUT2D eigenvalue weighted by Gasteiger charge is 2.48. The van der Waals surface area contributed by atoms with Crippen LogP contribution in [0.5, 0.6) is 17.2 Å². The molecule has 0 fully saturated rings. The van der Waals surface area contributed by atoms with E-state index in [0.29, 0.717) is 22.3 Å². The highest BCUT2D eigenvalue weighted by atomic mass is 32.2. The number of methoxy groups -OCH3 is 2. The summed E-state index contributed by atoms with van der Waals surface area (Å²) in [5.41, 5.74) is -5.49. The van der Waals surface area contributed by atoms with Crippen molar-refractivity contribution in [1.29, 1.82) is 0 Å². The van der Waals surface area contributed by atoms with Crippen molar-refractivity contribution in [3.8, 4) is 17.2 Å². The van der Waals surface area contributed by atoms with Crippen molar-refractivity contribution in [3.05, 3.63) is 30.3 Å². The summed E-state index contributed by atoms with van der Waals surface area (Å²) in [5.74, 6) is 0.342. The number of hydrogen-bond donors (Lipinski definition) is 0. The van der Waals surface area contributed by atoms with Crippen LogP contribution in [0.4, 0.5) is 13.2 Å². The quantitative estimate of drug-likeness (QED) is 0.634. The van der Waals surface area contributed by atoms with Crippen LogP contribution in [0.25, 0.3) is 10.8 Å².